The molecule has 0 spiro atoms. The smallest absolute Gasteiger partial charge is 0.394 e. The van der Waals surface area contributed by atoms with Gasteiger partial charge >= 0.3 is 6.18 Å². The number of ether oxygens (including phenoxy) is 2. The predicted octanol–water partition coefficient (Wildman–Crippen LogP) is -1.49. The van der Waals surface area contributed by atoms with Crippen molar-refractivity contribution < 1.29 is 42.8 Å². The van der Waals surface area contributed by atoms with Gasteiger partial charge in [0.1, 0.15) is 31.0 Å². The molecule has 1 saturated heterocycles. The number of rotatable bonds is 4. The van der Waals surface area contributed by atoms with Gasteiger partial charge in [-0.3, -0.25) is 4.79 Å². The third-order valence-corrected chi connectivity index (χ3v) is 2.66. The number of hydrogen-bond donors (Lipinski definition) is 4. The minimum Gasteiger partial charge on any atom is -0.394 e. The van der Waals surface area contributed by atoms with Crippen molar-refractivity contribution in [2.75, 3.05) is 13.2 Å². The van der Waals surface area contributed by atoms with Crippen molar-refractivity contribution in [2.24, 2.45) is 0 Å². The fraction of sp³-hybridized carbons (Fsp3) is 0.900. The Morgan fingerprint density at radius 2 is 1.95 bits per heavy atom. The molecular formula is C10H16F3NO6. The van der Waals surface area contributed by atoms with Crippen LogP contribution in [0.3, 0.4) is 0 Å². The van der Waals surface area contributed by atoms with Gasteiger partial charge in [-0.15, -0.1) is 0 Å². The van der Waals surface area contributed by atoms with Gasteiger partial charge in [0, 0.05) is 6.92 Å². The number of nitrogens with one attached hydrogen (secondary N) is 1. The molecule has 0 aromatic rings. The standard InChI is InChI=1S/C10H16F3NO6/c1-4(16)14-6-8(18)7(17)5(2-15)20-9(6)19-3-10(11,12)13/h5-9,15,17-18H,2-3H2,1H3,(H,14,16)/t5-,6-,7-,8-,9-/m1/s1. The molecule has 20 heavy (non-hydrogen) atoms. The Balaban J connectivity index is 2.80. The van der Waals surface area contributed by atoms with Gasteiger partial charge in [-0.1, -0.05) is 0 Å². The van der Waals surface area contributed by atoms with Crippen LogP contribution in [0.5, 0.6) is 0 Å². The van der Waals surface area contributed by atoms with Crippen molar-refractivity contribution in [1.29, 1.82) is 0 Å². The number of carbonyl (C=O) groups is 1. The second-order valence-corrected chi connectivity index (χ2v) is 4.36. The average Bonchev–Trinajstić information content (AvgIpc) is 2.32. The minimum absolute atomic E-state index is 0.645. The highest BCUT2D eigenvalue weighted by molar-refractivity contribution is 5.73. The zero-order valence-electron chi connectivity index (χ0n) is 10.5. The van der Waals surface area contributed by atoms with E-state index < -0.39 is 55.9 Å². The van der Waals surface area contributed by atoms with Crippen molar-refractivity contribution in [3.63, 3.8) is 0 Å². The van der Waals surface area contributed by atoms with Crippen molar-refractivity contribution >= 4 is 5.91 Å². The maximum atomic E-state index is 12.1. The van der Waals surface area contributed by atoms with Gasteiger partial charge in [0.15, 0.2) is 6.29 Å². The Bertz CT molecular complexity index is 339. The van der Waals surface area contributed by atoms with Crippen LogP contribution in [0.15, 0.2) is 0 Å². The Hall–Kier alpha value is -0.940. The van der Waals surface area contributed by atoms with Crippen LogP contribution in [0.1, 0.15) is 6.92 Å². The molecule has 10 heteroatoms. The second kappa shape index (κ2) is 6.68. The molecule has 0 aromatic carbocycles. The van der Waals surface area contributed by atoms with Gasteiger partial charge in [-0.2, -0.15) is 13.2 Å². The predicted molar refractivity (Wildman–Crippen MR) is 57.4 cm³/mol. The molecule has 0 saturated carbocycles. The molecule has 1 aliphatic heterocycles. The van der Waals surface area contributed by atoms with E-state index in [1.807, 2.05) is 0 Å². The SMILES string of the molecule is CC(=O)N[C@H]1[C@H](OCC(F)(F)F)O[C@H](CO)[C@@H](O)[C@@H]1O. The van der Waals surface area contributed by atoms with E-state index in [1.165, 1.54) is 0 Å². The van der Waals surface area contributed by atoms with Gasteiger partial charge in [-0.25, -0.2) is 0 Å². The molecule has 0 aliphatic carbocycles. The van der Waals surface area contributed by atoms with E-state index in [2.05, 4.69) is 10.1 Å². The molecule has 4 N–H and O–H groups in total. The van der Waals surface area contributed by atoms with E-state index >= 15 is 0 Å². The van der Waals surface area contributed by atoms with Crippen LogP contribution in [-0.2, 0) is 14.3 Å². The molecule has 0 aromatic heterocycles. The van der Waals surface area contributed by atoms with Gasteiger partial charge in [0.05, 0.1) is 6.61 Å². The van der Waals surface area contributed by atoms with Crippen molar-refractivity contribution in [1.82, 2.24) is 5.32 Å². The largest absolute Gasteiger partial charge is 0.411 e. The van der Waals surface area contributed by atoms with E-state index in [9.17, 15) is 28.2 Å². The van der Waals surface area contributed by atoms with Crippen LogP contribution in [0.4, 0.5) is 13.2 Å². The third kappa shape index (κ3) is 4.56. The number of aliphatic hydroxyl groups is 3. The molecule has 0 radical (unpaired) electrons. The number of amides is 1. The van der Waals surface area contributed by atoms with Gasteiger partial charge in [0.2, 0.25) is 5.91 Å². The normalized spacial score (nSPS) is 34.9. The summed E-state index contributed by atoms with van der Waals surface area (Å²) in [6.45, 7) is -1.30. The number of aliphatic hydroxyl groups excluding tert-OH is 3. The summed E-state index contributed by atoms with van der Waals surface area (Å²) >= 11 is 0. The summed E-state index contributed by atoms with van der Waals surface area (Å²) in [5, 5.41) is 30.5. The van der Waals surface area contributed by atoms with Crippen molar-refractivity contribution in [2.45, 2.75) is 43.7 Å². The lowest BCUT2D eigenvalue weighted by Crippen LogP contribution is -2.64. The summed E-state index contributed by atoms with van der Waals surface area (Å²) in [4.78, 5) is 11.0. The van der Waals surface area contributed by atoms with E-state index in [0.717, 1.165) is 6.92 Å². The maximum Gasteiger partial charge on any atom is 0.411 e. The highest BCUT2D eigenvalue weighted by Crippen LogP contribution is 2.24. The molecule has 1 rings (SSSR count). The van der Waals surface area contributed by atoms with Crippen molar-refractivity contribution in [3.05, 3.63) is 0 Å². The number of hydrogen-bond acceptors (Lipinski definition) is 6. The summed E-state index contributed by atoms with van der Waals surface area (Å²) in [6, 6.07) is -1.38. The Morgan fingerprint density at radius 3 is 2.40 bits per heavy atom. The quantitative estimate of drug-likeness (QED) is 0.504. The first-order valence-electron chi connectivity index (χ1n) is 5.73. The second-order valence-electron chi connectivity index (χ2n) is 4.36. The first kappa shape index (κ1) is 17.1. The fourth-order valence-electron chi connectivity index (χ4n) is 1.79. The number of alkyl halides is 3. The first-order chi connectivity index (χ1) is 9.15. The monoisotopic (exact) mass is 303 g/mol. The minimum atomic E-state index is -4.63. The van der Waals surface area contributed by atoms with Crippen LogP contribution < -0.4 is 5.32 Å². The molecule has 0 unspecified atom stereocenters. The van der Waals surface area contributed by atoms with Crippen LogP contribution in [-0.4, -0.2) is 71.3 Å². The summed E-state index contributed by atoms with van der Waals surface area (Å²) in [5.74, 6) is -0.645. The fourth-order valence-corrected chi connectivity index (χ4v) is 1.79. The van der Waals surface area contributed by atoms with E-state index in [1.54, 1.807) is 0 Å². The molecule has 118 valence electrons. The summed E-state index contributed by atoms with van der Waals surface area (Å²) in [7, 11) is 0. The Morgan fingerprint density at radius 1 is 1.35 bits per heavy atom. The zero-order chi connectivity index (χ0) is 15.5. The average molecular weight is 303 g/mol. The number of carbonyl (C=O) groups excluding carboxylic acids is 1. The van der Waals surface area contributed by atoms with Crippen LogP contribution in [0.2, 0.25) is 0 Å². The Labute approximate surface area is 112 Å². The lowest BCUT2D eigenvalue weighted by Gasteiger charge is -2.42. The molecule has 1 aliphatic rings. The van der Waals surface area contributed by atoms with Gasteiger partial charge in [0.25, 0.3) is 0 Å². The third-order valence-electron chi connectivity index (χ3n) is 2.66. The molecule has 1 amide bonds. The molecule has 0 bridgehead atoms. The Kier molecular flexibility index (Phi) is 5.71. The van der Waals surface area contributed by atoms with Gasteiger partial charge < -0.3 is 30.1 Å². The molecule has 7 nitrogen and oxygen atoms in total. The molecule has 5 atom stereocenters. The number of halogens is 3. The lowest BCUT2D eigenvalue weighted by molar-refractivity contribution is -0.294. The molecular weight excluding hydrogens is 287 g/mol. The van der Waals surface area contributed by atoms with Crippen LogP contribution in [0, 0.1) is 0 Å². The zero-order valence-corrected chi connectivity index (χ0v) is 10.5. The maximum absolute atomic E-state index is 12.1. The summed E-state index contributed by atoms with van der Waals surface area (Å²) in [6.07, 6.45) is -10.8. The van der Waals surface area contributed by atoms with Gasteiger partial charge in [-0.05, 0) is 0 Å². The highest BCUT2D eigenvalue weighted by Gasteiger charge is 2.46. The van der Waals surface area contributed by atoms with Crippen LogP contribution >= 0.6 is 0 Å². The van der Waals surface area contributed by atoms with E-state index in [4.69, 9.17) is 9.84 Å². The van der Waals surface area contributed by atoms with E-state index in [-0.39, 0.29) is 0 Å². The van der Waals surface area contributed by atoms with Crippen molar-refractivity contribution in [3.8, 4) is 0 Å². The van der Waals surface area contributed by atoms with Crippen LogP contribution in [0.25, 0.3) is 0 Å². The first-order valence-corrected chi connectivity index (χ1v) is 5.73. The topological polar surface area (TPSA) is 108 Å². The highest BCUT2D eigenvalue weighted by atomic mass is 19.4. The lowest BCUT2D eigenvalue weighted by atomic mass is 9.97. The summed E-state index contributed by atoms with van der Waals surface area (Å²) in [5.41, 5.74) is 0. The molecule has 1 fully saturated rings. The van der Waals surface area contributed by atoms with E-state index in [0.29, 0.717) is 0 Å². The summed E-state index contributed by atoms with van der Waals surface area (Å²) < 4.78 is 45.8. The molecule has 1 heterocycles.